The Morgan fingerprint density at radius 2 is 2.24 bits per heavy atom. The molecule has 1 aromatic rings. The summed E-state index contributed by atoms with van der Waals surface area (Å²) in [6.07, 6.45) is 1.93. The molecule has 1 aromatic heterocycles. The number of carbonyl (C=O) groups excluding carboxylic acids is 1. The molecule has 1 spiro atoms. The van der Waals surface area contributed by atoms with Crippen LogP contribution < -0.4 is 0 Å². The number of nitrogens with zero attached hydrogens (tertiary/aromatic N) is 1. The molecule has 2 atom stereocenters. The van der Waals surface area contributed by atoms with Gasteiger partial charge in [0.05, 0.1) is 17.6 Å². The Morgan fingerprint density at radius 3 is 2.84 bits per heavy atom. The van der Waals surface area contributed by atoms with Crippen molar-refractivity contribution < 1.29 is 19.4 Å². The van der Waals surface area contributed by atoms with Crippen LogP contribution in [-0.4, -0.2) is 40.9 Å². The summed E-state index contributed by atoms with van der Waals surface area (Å²) >= 11 is 7.86. The van der Waals surface area contributed by atoms with Gasteiger partial charge in [0.15, 0.2) is 0 Å². The monoisotopic (exact) mass is 387 g/mol. The van der Waals surface area contributed by atoms with Gasteiger partial charge in [-0.15, -0.1) is 11.3 Å². The summed E-state index contributed by atoms with van der Waals surface area (Å²) in [6.45, 7) is 8.82. The van der Waals surface area contributed by atoms with Crippen molar-refractivity contribution >= 4 is 29.0 Å². The zero-order chi connectivity index (χ0) is 18.4. The van der Waals surface area contributed by atoms with E-state index in [2.05, 4.69) is 0 Å². The number of ether oxygens (including phenoxy) is 2. The lowest BCUT2D eigenvalue weighted by molar-refractivity contribution is -0.108. The molecule has 25 heavy (non-hydrogen) atoms. The van der Waals surface area contributed by atoms with Crippen molar-refractivity contribution in [1.82, 2.24) is 4.90 Å². The van der Waals surface area contributed by atoms with Crippen LogP contribution in [0.5, 0.6) is 0 Å². The van der Waals surface area contributed by atoms with Gasteiger partial charge >= 0.3 is 6.09 Å². The lowest BCUT2D eigenvalue weighted by Crippen LogP contribution is -2.53. The van der Waals surface area contributed by atoms with E-state index < -0.39 is 11.2 Å². The third kappa shape index (κ3) is 3.54. The third-order valence-electron chi connectivity index (χ3n) is 4.91. The maximum atomic E-state index is 12.5. The molecule has 1 fully saturated rings. The highest BCUT2D eigenvalue weighted by molar-refractivity contribution is 7.16. The van der Waals surface area contributed by atoms with Gasteiger partial charge in [-0.05, 0) is 46.1 Å². The SMILES string of the molecule is CC1CC2(CCN1C(=O)OC(C)(C)C)OCCc1c2sc(Cl)c1CO. The number of likely N-dealkylation sites (tertiary alicyclic amines) is 1. The highest BCUT2D eigenvalue weighted by Gasteiger charge is 2.47. The molecular weight excluding hydrogens is 362 g/mol. The fraction of sp³-hybridized carbons (Fsp3) is 0.722. The van der Waals surface area contributed by atoms with Crippen molar-refractivity contribution in [2.45, 2.75) is 70.8 Å². The first-order chi connectivity index (χ1) is 11.7. The first kappa shape index (κ1) is 19.0. The van der Waals surface area contributed by atoms with Crippen LogP contribution in [0.15, 0.2) is 0 Å². The quantitative estimate of drug-likeness (QED) is 0.788. The van der Waals surface area contributed by atoms with Crippen LogP contribution in [0, 0.1) is 0 Å². The largest absolute Gasteiger partial charge is 0.444 e. The third-order valence-corrected chi connectivity index (χ3v) is 6.62. The molecule has 3 heterocycles. The second-order valence-electron chi connectivity index (χ2n) is 7.89. The van der Waals surface area contributed by atoms with Gasteiger partial charge < -0.3 is 19.5 Å². The van der Waals surface area contributed by atoms with Crippen molar-refractivity contribution in [1.29, 1.82) is 0 Å². The first-order valence-electron chi connectivity index (χ1n) is 8.72. The molecule has 0 saturated carbocycles. The number of thiophene rings is 1. The molecule has 7 heteroatoms. The van der Waals surface area contributed by atoms with E-state index in [1.165, 1.54) is 11.3 Å². The molecule has 2 aliphatic heterocycles. The van der Waals surface area contributed by atoms with E-state index in [0.717, 1.165) is 22.4 Å². The van der Waals surface area contributed by atoms with Crippen LogP contribution in [0.2, 0.25) is 4.34 Å². The summed E-state index contributed by atoms with van der Waals surface area (Å²) in [7, 11) is 0. The fourth-order valence-electron chi connectivity index (χ4n) is 3.81. The number of hydrogen-bond donors (Lipinski definition) is 1. The highest BCUT2D eigenvalue weighted by atomic mass is 35.5. The predicted octanol–water partition coefficient (Wildman–Crippen LogP) is 4.08. The molecule has 0 radical (unpaired) electrons. The average Bonchev–Trinajstić information content (AvgIpc) is 2.82. The maximum absolute atomic E-state index is 12.5. The zero-order valence-corrected chi connectivity index (χ0v) is 16.8. The lowest BCUT2D eigenvalue weighted by Gasteiger charge is -2.47. The Bertz CT molecular complexity index is 669. The molecule has 140 valence electrons. The minimum absolute atomic E-state index is 0.00741. The molecule has 1 amide bonds. The van der Waals surface area contributed by atoms with Crippen molar-refractivity contribution in [3.05, 3.63) is 20.3 Å². The van der Waals surface area contributed by atoms with E-state index in [-0.39, 0.29) is 18.7 Å². The van der Waals surface area contributed by atoms with E-state index in [4.69, 9.17) is 21.1 Å². The summed E-state index contributed by atoms with van der Waals surface area (Å²) in [6, 6.07) is 0.00741. The van der Waals surface area contributed by atoms with Crippen LogP contribution in [0.1, 0.15) is 56.5 Å². The van der Waals surface area contributed by atoms with Crippen LogP contribution in [0.3, 0.4) is 0 Å². The Morgan fingerprint density at radius 1 is 1.52 bits per heavy atom. The molecule has 2 unspecified atom stereocenters. The molecule has 1 saturated heterocycles. The average molecular weight is 388 g/mol. The molecule has 0 bridgehead atoms. The Balaban J connectivity index is 1.83. The predicted molar refractivity (Wildman–Crippen MR) is 98.2 cm³/mol. The van der Waals surface area contributed by atoms with Crippen LogP contribution in [0.4, 0.5) is 4.79 Å². The Kier molecular flexibility index (Phi) is 5.10. The molecule has 5 nitrogen and oxygen atoms in total. The summed E-state index contributed by atoms with van der Waals surface area (Å²) in [4.78, 5) is 15.4. The van der Waals surface area contributed by atoms with Gasteiger partial charge in [-0.3, -0.25) is 0 Å². The van der Waals surface area contributed by atoms with Crippen molar-refractivity contribution in [3.63, 3.8) is 0 Å². The van der Waals surface area contributed by atoms with Crippen LogP contribution in [0.25, 0.3) is 0 Å². The van der Waals surface area contributed by atoms with E-state index in [9.17, 15) is 9.90 Å². The zero-order valence-electron chi connectivity index (χ0n) is 15.2. The number of aliphatic hydroxyl groups is 1. The number of piperidine rings is 1. The van der Waals surface area contributed by atoms with Crippen molar-refractivity contribution in [2.24, 2.45) is 0 Å². The van der Waals surface area contributed by atoms with Gasteiger partial charge in [0.25, 0.3) is 0 Å². The smallest absolute Gasteiger partial charge is 0.410 e. The number of fused-ring (bicyclic) bond motifs is 2. The number of carbonyl (C=O) groups is 1. The van der Waals surface area contributed by atoms with E-state index in [0.29, 0.717) is 30.3 Å². The first-order valence-corrected chi connectivity index (χ1v) is 9.91. The molecule has 3 rings (SSSR count). The fourth-order valence-corrected chi connectivity index (χ4v) is 5.49. The number of rotatable bonds is 1. The van der Waals surface area contributed by atoms with E-state index in [1.54, 1.807) is 4.90 Å². The molecular formula is C18H26ClNO4S. The van der Waals surface area contributed by atoms with Crippen molar-refractivity contribution in [3.8, 4) is 0 Å². The van der Waals surface area contributed by atoms with Gasteiger partial charge in [-0.2, -0.15) is 0 Å². The van der Waals surface area contributed by atoms with Gasteiger partial charge in [-0.25, -0.2) is 4.79 Å². The molecule has 0 aliphatic carbocycles. The summed E-state index contributed by atoms with van der Waals surface area (Å²) in [5.41, 5.74) is 1.07. The van der Waals surface area contributed by atoms with Gasteiger partial charge in [-0.1, -0.05) is 11.6 Å². The summed E-state index contributed by atoms with van der Waals surface area (Å²) < 4.78 is 12.4. The van der Waals surface area contributed by atoms with Crippen molar-refractivity contribution in [2.75, 3.05) is 13.2 Å². The van der Waals surface area contributed by atoms with E-state index >= 15 is 0 Å². The van der Waals surface area contributed by atoms with Crippen LogP contribution >= 0.6 is 22.9 Å². The standard InChI is InChI=1S/C18H26ClNO4S/c1-11-9-18(6-7-20(11)16(22)24-17(2,3)4)14-12(5-8-23-18)13(10-21)15(19)25-14/h11,21H,5-10H2,1-4H3. The second-order valence-corrected chi connectivity index (χ2v) is 9.51. The second kappa shape index (κ2) is 6.72. The number of aliphatic hydroxyl groups excluding tert-OH is 1. The maximum Gasteiger partial charge on any atom is 0.410 e. The topological polar surface area (TPSA) is 59.0 Å². The Labute approximate surface area is 157 Å². The molecule has 0 aromatic carbocycles. The summed E-state index contributed by atoms with van der Waals surface area (Å²) in [5, 5.41) is 9.64. The van der Waals surface area contributed by atoms with Gasteiger partial charge in [0, 0.05) is 29.4 Å². The number of amides is 1. The summed E-state index contributed by atoms with van der Waals surface area (Å²) in [5.74, 6) is 0. The number of hydrogen-bond acceptors (Lipinski definition) is 5. The normalized spacial score (nSPS) is 26.6. The van der Waals surface area contributed by atoms with E-state index in [1.807, 2.05) is 27.7 Å². The lowest BCUT2D eigenvalue weighted by atomic mass is 9.81. The van der Waals surface area contributed by atoms with Gasteiger partial charge in [0.2, 0.25) is 0 Å². The van der Waals surface area contributed by atoms with Crippen LogP contribution in [-0.2, 0) is 28.1 Å². The number of halogens is 1. The minimum Gasteiger partial charge on any atom is -0.444 e. The van der Waals surface area contributed by atoms with Gasteiger partial charge in [0.1, 0.15) is 11.2 Å². The minimum atomic E-state index is -0.502. The molecule has 1 N–H and O–H groups in total. The highest BCUT2D eigenvalue weighted by Crippen LogP contribution is 2.49. The molecule has 2 aliphatic rings. The Hall–Kier alpha value is -0.820.